The molecule has 3 spiro atoms. The first-order valence-electron chi connectivity index (χ1n) is 31.5. The van der Waals surface area contributed by atoms with E-state index in [4.69, 9.17) is 33.2 Å². The molecule has 0 saturated heterocycles. The lowest BCUT2D eigenvalue weighted by atomic mass is 9.77. The van der Waals surface area contributed by atoms with Gasteiger partial charge in [0.05, 0.1) is 19.8 Å². The molecule has 8 heteroatoms. The molecule has 0 saturated carbocycles. The normalized spacial score (nSPS) is 18.2. The number of phenols is 1. The van der Waals surface area contributed by atoms with Gasteiger partial charge in [-0.25, -0.2) is 0 Å². The minimum absolute atomic E-state index is 0.186. The van der Waals surface area contributed by atoms with Gasteiger partial charge in [-0.15, -0.1) is 0 Å². The molecular formula is C84H66O8. The molecule has 0 bridgehead atoms. The van der Waals surface area contributed by atoms with Crippen LogP contribution in [0, 0.1) is 34.6 Å². The summed E-state index contributed by atoms with van der Waals surface area (Å²) < 4.78 is 44.0. The SMILES string of the molecule is Cc1ccc2c(c1)Oc1cc(C)ccc1C21OCc2ccccc21.Cc1ccc2c(c1)Oc1cc(O)ccc1[C@]21OCc2ccccc21.Cc1ccc2c(c1)Oc1ccccc1C21OCc2ccccc21.Cc1ccc2c(c1)Oc1ccccc1C2c1ccccc1. The number of para-hydroxylation sites is 2. The summed E-state index contributed by atoms with van der Waals surface area (Å²) >= 11 is 0. The maximum Gasteiger partial charge on any atom is 0.151 e. The predicted molar refractivity (Wildman–Crippen MR) is 358 cm³/mol. The summed E-state index contributed by atoms with van der Waals surface area (Å²) in [6.45, 7) is 12.2. The van der Waals surface area contributed by atoms with Gasteiger partial charge >= 0.3 is 0 Å². The highest BCUT2D eigenvalue weighted by atomic mass is 16.5. The third-order valence-corrected chi connectivity index (χ3v) is 18.9. The number of rotatable bonds is 1. The van der Waals surface area contributed by atoms with Crippen LogP contribution < -0.4 is 18.9 Å². The fourth-order valence-corrected chi connectivity index (χ4v) is 14.7. The highest BCUT2D eigenvalue weighted by molar-refractivity contribution is 5.68. The largest absolute Gasteiger partial charge is 0.508 e. The van der Waals surface area contributed by atoms with Gasteiger partial charge in [0.15, 0.2) is 16.8 Å². The number of fused-ring (bicyclic) bond motifs is 20. The van der Waals surface area contributed by atoms with Gasteiger partial charge in [-0.2, -0.15) is 0 Å². The predicted octanol–water partition coefficient (Wildman–Crippen LogP) is 20.1. The monoisotopic (exact) mass is 1200 g/mol. The minimum atomic E-state index is -0.680. The third-order valence-electron chi connectivity index (χ3n) is 18.9. The number of ether oxygens (including phenoxy) is 7. The fraction of sp³-hybridized carbons (Fsp3) is 0.143. The van der Waals surface area contributed by atoms with E-state index >= 15 is 0 Å². The molecule has 1 N–H and O–H groups in total. The van der Waals surface area contributed by atoms with Crippen LogP contribution in [-0.4, -0.2) is 5.11 Å². The van der Waals surface area contributed by atoms with E-state index in [0.29, 0.717) is 25.6 Å². The van der Waals surface area contributed by atoms with Crippen molar-refractivity contribution in [3.8, 4) is 51.7 Å². The Bertz CT molecular complexity index is 4630. The smallest absolute Gasteiger partial charge is 0.151 e. The molecule has 2 unspecified atom stereocenters. The van der Waals surface area contributed by atoms with Gasteiger partial charge in [0.1, 0.15) is 51.7 Å². The van der Waals surface area contributed by atoms with Crippen molar-refractivity contribution in [3.63, 3.8) is 0 Å². The van der Waals surface area contributed by atoms with Crippen LogP contribution in [0.2, 0.25) is 0 Å². The van der Waals surface area contributed by atoms with Gasteiger partial charge in [-0.1, -0.05) is 200 Å². The number of phenolic OH excluding ortho intramolecular Hbond substituents is 1. The average Bonchev–Trinajstić information content (AvgIpc) is 1.47. The molecule has 450 valence electrons. The summed E-state index contributed by atoms with van der Waals surface area (Å²) in [5, 5.41) is 9.90. The Kier molecular flexibility index (Phi) is 13.9. The third kappa shape index (κ3) is 9.23. The van der Waals surface area contributed by atoms with Crippen molar-refractivity contribution < 1.29 is 38.3 Å². The molecule has 8 nitrogen and oxygen atoms in total. The van der Waals surface area contributed by atoms with E-state index in [1.54, 1.807) is 12.1 Å². The van der Waals surface area contributed by atoms with Crippen molar-refractivity contribution in [2.24, 2.45) is 0 Å². The van der Waals surface area contributed by atoms with Crippen LogP contribution in [0.1, 0.15) is 117 Å². The average molecular weight is 1200 g/mol. The summed E-state index contributed by atoms with van der Waals surface area (Å²) in [5.74, 6) is 7.34. The molecule has 7 heterocycles. The zero-order valence-corrected chi connectivity index (χ0v) is 51.8. The minimum Gasteiger partial charge on any atom is -0.508 e. The molecular weight excluding hydrogens is 1140 g/mol. The standard InChI is InChI=1S/C22H18O2.C21H16O3.C21H16O2.C20H16O/c1-14-7-9-18-20(11-14)24-21-12-15(2)8-10-19(21)22(18)17-6-4-3-5-16(17)13-23-22;1-13-6-8-17-19(10-13)24-20-11-15(22)7-9-18(20)21(17)16-5-3-2-4-14(16)12-23-21;1-14-10-11-18-20(12-14)23-19-9-5-4-8-17(19)21(18)16-7-3-2-6-15(16)13-22-21;1-14-11-12-17-19(13-14)21-18-10-6-5-9-16(18)20(17)15-7-3-2-4-8-15/h3-12H,13H2,1-2H3;2-11,22H,12H2,1H3;2-12H,13H2,1H3;2-13,20H,1H3/t;21-;;/m.1../s1. The van der Waals surface area contributed by atoms with Gasteiger partial charge in [0, 0.05) is 56.5 Å². The topological polar surface area (TPSA) is 84.8 Å². The molecule has 7 aliphatic heterocycles. The molecule has 0 aliphatic carbocycles. The van der Waals surface area contributed by atoms with E-state index in [0.717, 1.165) is 84.8 Å². The number of hydrogen-bond donors (Lipinski definition) is 1. The maximum atomic E-state index is 9.90. The Morgan fingerprint density at radius 2 is 0.587 bits per heavy atom. The van der Waals surface area contributed by atoms with Gasteiger partial charge < -0.3 is 38.3 Å². The first-order valence-corrected chi connectivity index (χ1v) is 31.5. The highest BCUT2D eigenvalue weighted by Gasteiger charge is 2.52. The van der Waals surface area contributed by atoms with Crippen LogP contribution in [-0.2, 0) is 50.8 Å². The maximum absolute atomic E-state index is 9.90. The van der Waals surface area contributed by atoms with Crippen molar-refractivity contribution in [2.45, 2.75) is 77.2 Å². The van der Waals surface area contributed by atoms with Crippen molar-refractivity contribution in [3.05, 3.63) is 372 Å². The number of benzene rings is 12. The van der Waals surface area contributed by atoms with Crippen molar-refractivity contribution in [1.82, 2.24) is 0 Å². The second kappa shape index (κ2) is 22.5. The zero-order chi connectivity index (χ0) is 62.3. The summed E-state index contributed by atoms with van der Waals surface area (Å²) in [6, 6.07) is 89.5. The second-order valence-electron chi connectivity index (χ2n) is 24.9. The van der Waals surface area contributed by atoms with Gasteiger partial charge in [-0.3, -0.25) is 0 Å². The lowest BCUT2D eigenvalue weighted by Gasteiger charge is -2.37. The molecule has 0 radical (unpaired) electrons. The molecule has 7 aliphatic rings. The molecule has 92 heavy (non-hydrogen) atoms. The molecule has 3 atom stereocenters. The van der Waals surface area contributed by atoms with Crippen LogP contribution in [0.3, 0.4) is 0 Å². The van der Waals surface area contributed by atoms with E-state index in [2.05, 4.69) is 228 Å². The number of aryl methyl sites for hydroxylation is 5. The molecule has 0 fully saturated rings. The van der Waals surface area contributed by atoms with Crippen LogP contribution in [0.4, 0.5) is 0 Å². The lowest BCUT2D eigenvalue weighted by Crippen LogP contribution is -2.32. The summed E-state index contributed by atoms with van der Waals surface area (Å²) in [7, 11) is 0. The lowest BCUT2D eigenvalue weighted by molar-refractivity contribution is 0.0197. The number of hydrogen-bond acceptors (Lipinski definition) is 8. The second-order valence-corrected chi connectivity index (χ2v) is 24.9. The van der Waals surface area contributed by atoms with Crippen molar-refractivity contribution in [1.29, 1.82) is 0 Å². The Labute approximate surface area is 536 Å². The van der Waals surface area contributed by atoms with E-state index in [1.165, 1.54) is 66.8 Å². The van der Waals surface area contributed by atoms with Gasteiger partial charge in [0.25, 0.3) is 0 Å². The van der Waals surface area contributed by atoms with E-state index in [-0.39, 0.29) is 11.7 Å². The Balaban J connectivity index is 0.0000000977. The summed E-state index contributed by atoms with van der Waals surface area (Å²) in [5.41, 5.74) is 21.4. The summed E-state index contributed by atoms with van der Waals surface area (Å²) in [4.78, 5) is 0. The molecule has 0 amide bonds. The van der Waals surface area contributed by atoms with Crippen LogP contribution in [0.25, 0.3) is 0 Å². The first-order chi connectivity index (χ1) is 45.0. The first kappa shape index (κ1) is 56.7. The fourth-order valence-electron chi connectivity index (χ4n) is 14.7. The summed E-state index contributed by atoms with van der Waals surface area (Å²) in [6.07, 6.45) is 0. The van der Waals surface area contributed by atoms with Crippen LogP contribution in [0.15, 0.2) is 261 Å². The zero-order valence-electron chi connectivity index (χ0n) is 51.8. The van der Waals surface area contributed by atoms with Gasteiger partial charge in [-0.05, 0) is 156 Å². The Morgan fingerprint density at radius 1 is 0.272 bits per heavy atom. The van der Waals surface area contributed by atoms with Crippen molar-refractivity contribution >= 4 is 0 Å². The highest BCUT2D eigenvalue weighted by Crippen LogP contribution is 2.60. The molecule has 12 aromatic rings. The molecule has 19 rings (SSSR count). The van der Waals surface area contributed by atoms with Crippen molar-refractivity contribution in [2.75, 3.05) is 0 Å². The van der Waals surface area contributed by atoms with E-state index in [9.17, 15) is 5.11 Å². The molecule has 0 aromatic heterocycles. The number of aromatic hydroxyl groups is 1. The van der Waals surface area contributed by atoms with E-state index in [1.807, 2.05) is 55.5 Å². The van der Waals surface area contributed by atoms with E-state index < -0.39 is 16.8 Å². The molecule has 12 aromatic carbocycles. The van der Waals surface area contributed by atoms with Crippen LogP contribution in [0.5, 0.6) is 51.7 Å². The Morgan fingerprint density at radius 3 is 1.05 bits per heavy atom. The van der Waals surface area contributed by atoms with Gasteiger partial charge in [0.2, 0.25) is 0 Å². The quantitative estimate of drug-likeness (QED) is 0.174. The van der Waals surface area contributed by atoms with Crippen LogP contribution >= 0.6 is 0 Å². The Hall–Kier alpha value is -10.5.